The molecule has 1 saturated heterocycles. The number of rotatable bonds is 3. The van der Waals surface area contributed by atoms with Crippen molar-refractivity contribution in [3.63, 3.8) is 0 Å². The fourth-order valence-corrected chi connectivity index (χ4v) is 2.59. The maximum absolute atomic E-state index is 12.1. The van der Waals surface area contributed by atoms with Crippen LogP contribution in [-0.2, 0) is 9.47 Å². The number of pyridine rings is 1. The molecule has 1 N–H and O–H groups in total. The van der Waals surface area contributed by atoms with Crippen molar-refractivity contribution in [1.82, 2.24) is 9.88 Å². The number of nitrogens with zero attached hydrogens (tertiary/aromatic N) is 3. The molecule has 1 aromatic heterocycles. The molecule has 1 aliphatic carbocycles. The quantitative estimate of drug-likeness (QED) is 0.890. The van der Waals surface area contributed by atoms with Gasteiger partial charge in [0.2, 0.25) is 0 Å². The zero-order chi connectivity index (χ0) is 18.7. The summed E-state index contributed by atoms with van der Waals surface area (Å²) in [5.74, 6) is 0.465. The summed E-state index contributed by atoms with van der Waals surface area (Å²) in [5.41, 5.74) is 0.469. The Balaban J connectivity index is 1.48. The van der Waals surface area contributed by atoms with Crippen molar-refractivity contribution in [2.45, 2.75) is 45.3 Å². The summed E-state index contributed by atoms with van der Waals surface area (Å²) >= 11 is 0. The minimum atomic E-state index is -0.484. The molecule has 0 aromatic carbocycles. The van der Waals surface area contributed by atoms with Gasteiger partial charge in [-0.1, -0.05) is 0 Å². The lowest BCUT2D eigenvalue weighted by Gasteiger charge is -2.36. The van der Waals surface area contributed by atoms with E-state index in [1.807, 2.05) is 26.8 Å². The van der Waals surface area contributed by atoms with E-state index in [1.54, 1.807) is 17.2 Å². The topological polar surface area (TPSA) is 84.0 Å². The number of ether oxygens (including phenoxy) is 2. The SMILES string of the molecule is CC(C)(C)OC(=O)N1CCN(c2ccc(NC(=O)OC3CC3)nc2)CC1. The van der Waals surface area contributed by atoms with Gasteiger partial charge in [-0.15, -0.1) is 0 Å². The lowest BCUT2D eigenvalue weighted by molar-refractivity contribution is 0.0240. The highest BCUT2D eigenvalue weighted by atomic mass is 16.6. The van der Waals surface area contributed by atoms with Crippen LogP contribution in [0.4, 0.5) is 21.1 Å². The van der Waals surface area contributed by atoms with E-state index in [0.717, 1.165) is 18.5 Å². The van der Waals surface area contributed by atoms with Gasteiger partial charge in [-0.2, -0.15) is 0 Å². The summed E-state index contributed by atoms with van der Waals surface area (Å²) in [5, 5.41) is 2.63. The number of aromatic nitrogens is 1. The Morgan fingerprint density at radius 2 is 1.85 bits per heavy atom. The molecule has 2 heterocycles. The first kappa shape index (κ1) is 18.3. The summed E-state index contributed by atoms with van der Waals surface area (Å²) in [6.45, 7) is 8.20. The molecule has 1 aromatic rings. The molecule has 142 valence electrons. The Morgan fingerprint density at radius 3 is 2.38 bits per heavy atom. The third-order valence-electron chi connectivity index (χ3n) is 4.07. The summed E-state index contributed by atoms with van der Waals surface area (Å²) in [6.07, 6.45) is 2.93. The third-order valence-corrected chi connectivity index (χ3v) is 4.07. The normalized spacial score (nSPS) is 17.7. The van der Waals surface area contributed by atoms with Crippen molar-refractivity contribution in [3.8, 4) is 0 Å². The Bertz CT molecular complexity index is 644. The van der Waals surface area contributed by atoms with Crippen LogP contribution in [-0.4, -0.2) is 60.0 Å². The molecule has 0 atom stereocenters. The number of nitrogens with one attached hydrogen (secondary N) is 1. The predicted octanol–water partition coefficient (Wildman–Crippen LogP) is 2.85. The van der Waals surface area contributed by atoms with Gasteiger partial charge in [-0.3, -0.25) is 5.32 Å². The van der Waals surface area contributed by atoms with Gasteiger partial charge >= 0.3 is 12.2 Å². The second-order valence-corrected chi connectivity index (χ2v) is 7.59. The molecule has 0 unspecified atom stereocenters. The molecule has 2 amide bonds. The molecule has 1 saturated carbocycles. The Hall–Kier alpha value is -2.51. The maximum atomic E-state index is 12.1. The average molecular weight is 362 g/mol. The fourth-order valence-electron chi connectivity index (χ4n) is 2.59. The molecule has 0 bridgehead atoms. The maximum Gasteiger partial charge on any atom is 0.413 e. The molecular weight excluding hydrogens is 336 g/mol. The molecule has 8 heteroatoms. The first-order valence-electron chi connectivity index (χ1n) is 8.97. The van der Waals surface area contributed by atoms with Gasteiger partial charge in [0.05, 0.1) is 11.9 Å². The number of piperazine rings is 1. The predicted molar refractivity (Wildman–Crippen MR) is 97.4 cm³/mol. The largest absolute Gasteiger partial charge is 0.446 e. The van der Waals surface area contributed by atoms with Crippen molar-refractivity contribution >= 4 is 23.7 Å². The van der Waals surface area contributed by atoms with Gasteiger partial charge in [-0.05, 0) is 45.7 Å². The van der Waals surface area contributed by atoms with Gasteiger partial charge in [0.25, 0.3) is 0 Å². The summed E-state index contributed by atoms with van der Waals surface area (Å²) in [7, 11) is 0. The van der Waals surface area contributed by atoms with Crippen LogP contribution in [0.5, 0.6) is 0 Å². The van der Waals surface area contributed by atoms with Crippen molar-refractivity contribution in [3.05, 3.63) is 18.3 Å². The van der Waals surface area contributed by atoms with Gasteiger partial charge in [0, 0.05) is 26.2 Å². The highest BCUT2D eigenvalue weighted by molar-refractivity contribution is 5.83. The van der Waals surface area contributed by atoms with Crippen LogP contribution < -0.4 is 10.2 Å². The third kappa shape index (κ3) is 5.24. The van der Waals surface area contributed by atoms with E-state index in [2.05, 4.69) is 15.2 Å². The molecule has 2 fully saturated rings. The standard InChI is InChI=1S/C18H26N4O4/c1-18(2,3)26-17(24)22-10-8-21(9-11-22)13-4-7-15(19-12-13)20-16(23)25-14-5-6-14/h4,7,12,14H,5-6,8-11H2,1-3H3,(H,19,20,23). The smallest absolute Gasteiger partial charge is 0.413 e. The number of carbonyl (C=O) groups excluding carboxylic acids is 2. The van der Waals surface area contributed by atoms with Crippen LogP contribution in [0.2, 0.25) is 0 Å². The first-order chi connectivity index (χ1) is 12.3. The van der Waals surface area contributed by atoms with Crippen LogP contribution in [0.1, 0.15) is 33.6 Å². The second-order valence-electron chi connectivity index (χ2n) is 7.59. The van der Waals surface area contributed by atoms with E-state index in [9.17, 15) is 9.59 Å². The van der Waals surface area contributed by atoms with E-state index in [0.29, 0.717) is 32.0 Å². The minimum Gasteiger partial charge on any atom is -0.446 e. The van der Waals surface area contributed by atoms with Crippen molar-refractivity contribution in [2.24, 2.45) is 0 Å². The summed E-state index contributed by atoms with van der Waals surface area (Å²) < 4.78 is 10.5. The highest BCUT2D eigenvalue weighted by Gasteiger charge is 2.27. The molecule has 26 heavy (non-hydrogen) atoms. The van der Waals surface area contributed by atoms with E-state index in [4.69, 9.17) is 9.47 Å². The monoisotopic (exact) mass is 362 g/mol. The van der Waals surface area contributed by atoms with E-state index in [1.165, 1.54) is 0 Å². The summed E-state index contributed by atoms with van der Waals surface area (Å²) in [6, 6.07) is 3.66. The molecular formula is C18H26N4O4. The number of hydrogen-bond acceptors (Lipinski definition) is 6. The van der Waals surface area contributed by atoms with E-state index in [-0.39, 0.29) is 12.2 Å². The van der Waals surface area contributed by atoms with Crippen LogP contribution in [0.3, 0.4) is 0 Å². The Morgan fingerprint density at radius 1 is 1.15 bits per heavy atom. The lowest BCUT2D eigenvalue weighted by atomic mass is 10.2. The highest BCUT2D eigenvalue weighted by Crippen LogP contribution is 2.24. The van der Waals surface area contributed by atoms with Crippen LogP contribution in [0.15, 0.2) is 18.3 Å². The zero-order valence-corrected chi connectivity index (χ0v) is 15.5. The average Bonchev–Trinajstić information content (AvgIpc) is 3.38. The van der Waals surface area contributed by atoms with Crippen LogP contribution >= 0.6 is 0 Å². The molecule has 0 spiro atoms. The van der Waals surface area contributed by atoms with Crippen LogP contribution in [0, 0.1) is 0 Å². The van der Waals surface area contributed by atoms with E-state index < -0.39 is 11.7 Å². The van der Waals surface area contributed by atoms with Crippen molar-refractivity contribution in [1.29, 1.82) is 0 Å². The van der Waals surface area contributed by atoms with Crippen molar-refractivity contribution < 1.29 is 19.1 Å². The Kier molecular flexibility index (Phi) is 5.20. The van der Waals surface area contributed by atoms with Gasteiger partial charge in [-0.25, -0.2) is 14.6 Å². The number of amides is 2. The molecule has 8 nitrogen and oxygen atoms in total. The number of hydrogen-bond donors (Lipinski definition) is 1. The van der Waals surface area contributed by atoms with Crippen molar-refractivity contribution in [2.75, 3.05) is 36.4 Å². The van der Waals surface area contributed by atoms with Crippen LogP contribution in [0.25, 0.3) is 0 Å². The molecule has 1 aliphatic heterocycles. The second kappa shape index (κ2) is 7.39. The minimum absolute atomic E-state index is 0.0653. The van der Waals surface area contributed by atoms with Gasteiger partial charge in [0.15, 0.2) is 0 Å². The molecule has 3 rings (SSSR count). The first-order valence-corrected chi connectivity index (χ1v) is 8.97. The Labute approximate surface area is 153 Å². The zero-order valence-electron chi connectivity index (χ0n) is 15.5. The molecule has 0 radical (unpaired) electrons. The van der Waals surface area contributed by atoms with Gasteiger partial charge < -0.3 is 19.3 Å². The number of anilines is 2. The lowest BCUT2D eigenvalue weighted by Crippen LogP contribution is -2.50. The fraction of sp³-hybridized carbons (Fsp3) is 0.611. The number of carbonyl (C=O) groups is 2. The molecule has 2 aliphatic rings. The van der Waals surface area contributed by atoms with E-state index >= 15 is 0 Å². The van der Waals surface area contributed by atoms with Gasteiger partial charge in [0.1, 0.15) is 17.5 Å². The summed E-state index contributed by atoms with van der Waals surface area (Å²) in [4.78, 5) is 31.9.